The molecule has 1 aliphatic rings. The summed E-state index contributed by atoms with van der Waals surface area (Å²) < 4.78 is 4.85. The van der Waals surface area contributed by atoms with Crippen LogP contribution in [-0.2, 0) is 9.53 Å². The van der Waals surface area contributed by atoms with E-state index >= 15 is 0 Å². The second kappa shape index (κ2) is 6.68. The zero-order chi connectivity index (χ0) is 13.7. The molecule has 1 unspecified atom stereocenters. The van der Waals surface area contributed by atoms with E-state index in [1.807, 2.05) is 6.07 Å². The van der Waals surface area contributed by atoms with Crippen molar-refractivity contribution in [3.05, 3.63) is 11.8 Å². The summed E-state index contributed by atoms with van der Waals surface area (Å²) in [6.45, 7) is 0.200. The van der Waals surface area contributed by atoms with E-state index < -0.39 is 6.04 Å². The monoisotopic (exact) mass is 266 g/mol. The van der Waals surface area contributed by atoms with Crippen LogP contribution in [0.3, 0.4) is 0 Å². The Balaban J connectivity index is 1.91. The Morgan fingerprint density at radius 2 is 2.32 bits per heavy atom. The van der Waals surface area contributed by atoms with Gasteiger partial charge in [-0.25, -0.2) is 0 Å². The van der Waals surface area contributed by atoms with Gasteiger partial charge in [-0.05, 0) is 12.8 Å². The summed E-state index contributed by atoms with van der Waals surface area (Å²) in [6.07, 6.45) is 6.24. The normalized spacial score (nSPS) is 18.2. The Bertz CT molecular complexity index is 413. The molecule has 2 rings (SSSR count). The van der Waals surface area contributed by atoms with Crippen LogP contribution < -0.4 is 11.1 Å². The number of nitrogens with two attached hydrogens (primary N) is 1. The number of methoxy groups -OCH3 is 1. The molecule has 0 spiro atoms. The lowest BCUT2D eigenvalue weighted by Crippen LogP contribution is -2.39. The molecular formula is C13H22N4O2. The van der Waals surface area contributed by atoms with Gasteiger partial charge < -0.3 is 15.8 Å². The first kappa shape index (κ1) is 14.0. The van der Waals surface area contributed by atoms with Crippen molar-refractivity contribution < 1.29 is 9.53 Å². The smallest absolute Gasteiger partial charge is 0.244 e. The summed E-state index contributed by atoms with van der Waals surface area (Å²) in [5, 5.41) is 9.84. The number of nitrogens with zero attached hydrogens (tertiary/aromatic N) is 1. The minimum absolute atomic E-state index is 0.200. The summed E-state index contributed by atoms with van der Waals surface area (Å²) in [5.74, 6) is 0.806. The van der Waals surface area contributed by atoms with Crippen LogP contribution in [0.5, 0.6) is 0 Å². The van der Waals surface area contributed by atoms with Crippen molar-refractivity contribution in [3.63, 3.8) is 0 Å². The van der Waals surface area contributed by atoms with Crippen LogP contribution in [-0.4, -0.2) is 35.9 Å². The van der Waals surface area contributed by atoms with Gasteiger partial charge in [0.25, 0.3) is 0 Å². The number of hydrogen-bond acceptors (Lipinski definition) is 4. The van der Waals surface area contributed by atoms with Crippen LogP contribution in [0.4, 0.5) is 5.82 Å². The quantitative estimate of drug-likeness (QED) is 0.750. The molecule has 106 valence electrons. The summed E-state index contributed by atoms with van der Waals surface area (Å²) in [5.41, 5.74) is 6.76. The fourth-order valence-electron chi connectivity index (χ4n) is 2.50. The lowest BCUT2D eigenvalue weighted by Gasteiger charge is -2.19. The van der Waals surface area contributed by atoms with Crippen molar-refractivity contribution in [2.75, 3.05) is 19.0 Å². The highest BCUT2D eigenvalue weighted by Gasteiger charge is 2.19. The second-order valence-electron chi connectivity index (χ2n) is 5.09. The van der Waals surface area contributed by atoms with E-state index in [0.717, 1.165) is 5.69 Å². The molecule has 0 saturated heterocycles. The Labute approximate surface area is 113 Å². The Morgan fingerprint density at radius 1 is 1.58 bits per heavy atom. The molecule has 1 saturated carbocycles. The fourth-order valence-corrected chi connectivity index (χ4v) is 2.50. The predicted octanol–water partition coefficient (Wildman–Crippen LogP) is 1.37. The van der Waals surface area contributed by atoms with Gasteiger partial charge in [0.15, 0.2) is 5.82 Å². The van der Waals surface area contributed by atoms with E-state index in [1.165, 1.54) is 39.2 Å². The van der Waals surface area contributed by atoms with Crippen molar-refractivity contribution in [2.24, 2.45) is 5.73 Å². The maximum atomic E-state index is 11.7. The zero-order valence-corrected chi connectivity index (χ0v) is 11.3. The first-order valence-corrected chi connectivity index (χ1v) is 6.81. The van der Waals surface area contributed by atoms with Crippen molar-refractivity contribution in [1.82, 2.24) is 10.2 Å². The van der Waals surface area contributed by atoms with Crippen molar-refractivity contribution in [3.8, 4) is 0 Å². The van der Waals surface area contributed by atoms with Crippen molar-refractivity contribution >= 4 is 11.7 Å². The Hall–Kier alpha value is -1.40. The number of anilines is 1. The predicted molar refractivity (Wildman–Crippen MR) is 72.9 cm³/mol. The van der Waals surface area contributed by atoms with E-state index in [9.17, 15) is 4.79 Å². The molecule has 1 aromatic rings. The average molecular weight is 266 g/mol. The highest BCUT2D eigenvalue weighted by molar-refractivity contribution is 5.93. The van der Waals surface area contributed by atoms with Gasteiger partial charge in [0.2, 0.25) is 5.91 Å². The number of amides is 1. The summed E-state index contributed by atoms with van der Waals surface area (Å²) >= 11 is 0. The third kappa shape index (κ3) is 3.78. The van der Waals surface area contributed by atoms with Gasteiger partial charge in [-0.3, -0.25) is 9.89 Å². The van der Waals surface area contributed by atoms with E-state index in [1.54, 1.807) is 0 Å². The fraction of sp³-hybridized carbons (Fsp3) is 0.692. The number of carbonyl (C=O) groups is 1. The number of nitrogens with one attached hydrogen (secondary N) is 2. The molecule has 1 amide bonds. The van der Waals surface area contributed by atoms with Gasteiger partial charge in [0.1, 0.15) is 6.04 Å². The molecule has 0 aromatic carbocycles. The molecule has 1 heterocycles. The third-order valence-corrected chi connectivity index (χ3v) is 3.58. The van der Waals surface area contributed by atoms with Gasteiger partial charge in [-0.1, -0.05) is 19.3 Å². The Kier molecular flexibility index (Phi) is 4.93. The van der Waals surface area contributed by atoms with Gasteiger partial charge >= 0.3 is 0 Å². The van der Waals surface area contributed by atoms with Crippen LogP contribution in [0.2, 0.25) is 0 Å². The highest BCUT2D eigenvalue weighted by Crippen LogP contribution is 2.32. The maximum absolute atomic E-state index is 11.7. The first-order valence-electron chi connectivity index (χ1n) is 6.81. The minimum Gasteiger partial charge on any atom is -0.383 e. The van der Waals surface area contributed by atoms with Gasteiger partial charge in [0, 0.05) is 24.8 Å². The molecule has 0 radical (unpaired) electrons. The van der Waals surface area contributed by atoms with Gasteiger partial charge in [-0.15, -0.1) is 0 Å². The number of H-pyrrole nitrogens is 1. The molecule has 1 aliphatic carbocycles. The minimum atomic E-state index is -0.667. The average Bonchev–Trinajstić information content (AvgIpc) is 2.88. The molecule has 1 atom stereocenters. The summed E-state index contributed by atoms with van der Waals surface area (Å²) in [6, 6.07) is 1.24. The highest BCUT2D eigenvalue weighted by atomic mass is 16.5. The zero-order valence-electron chi connectivity index (χ0n) is 11.3. The molecule has 1 fully saturated rings. The number of rotatable bonds is 5. The standard InChI is InChI=1S/C13H22N4O2/c1-19-8-10(14)13(18)15-12-7-11(16-17-12)9-5-3-2-4-6-9/h7,9-10H,2-6,8,14H2,1H3,(H2,15,16,17,18). The molecule has 1 aromatic heterocycles. The number of aromatic amines is 1. The van der Waals surface area contributed by atoms with Gasteiger partial charge in [-0.2, -0.15) is 5.10 Å². The maximum Gasteiger partial charge on any atom is 0.244 e. The topological polar surface area (TPSA) is 93.0 Å². The van der Waals surface area contributed by atoms with E-state index in [0.29, 0.717) is 11.7 Å². The summed E-state index contributed by atoms with van der Waals surface area (Å²) in [4.78, 5) is 11.7. The van der Waals surface area contributed by atoms with Crippen molar-refractivity contribution in [1.29, 1.82) is 0 Å². The number of hydrogen-bond donors (Lipinski definition) is 3. The van der Waals surface area contributed by atoms with E-state index in [4.69, 9.17) is 10.5 Å². The van der Waals surface area contributed by atoms with E-state index in [2.05, 4.69) is 15.5 Å². The van der Waals surface area contributed by atoms with Crippen LogP contribution >= 0.6 is 0 Å². The van der Waals surface area contributed by atoms with Crippen LogP contribution in [0.15, 0.2) is 6.07 Å². The number of carbonyl (C=O) groups excluding carboxylic acids is 1. The van der Waals surface area contributed by atoms with Gasteiger partial charge in [0.05, 0.1) is 6.61 Å². The molecule has 4 N–H and O–H groups in total. The Morgan fingerprint density at radius 3 is 3.00 bits per heavy atom. The molecule has 0 aliphatic heterocycles. The van der Waals surface area contributed by atoms with E-state index in [-0.39, 0.29) is 12.5 Å². The van der Waals surface area contributed by atoms with Crippen LogP contribution in [0.1, 0.15) is 43.7 Å². The first-order chi connectivity index (χ1) is 9.20. The molecule has 6 nitrogen and oxygen atoms in total. The molecule has 6 heteroatoms. The summed E-state index contributed by atoms with van der Waals surface area (Å²) in [7, 11) is 1.52. The second-order valence-corrected chi connectivity index (χ2v) is 5.09. The lowest BCUT2D eigenvalue weighted by molar-refractivity contribution is -0.118. The number of aromatic nitrogens is 2. The third-order valence-electron chi connectivity index (χ3n) is 3.58. The molecule has 19 heavy (non-hydrogen) atoms. The molecular weight excluding hydrogens is 244 g/mol. The molecule has 0 bridgehead atoms. The largest absolute Gasteiger partial charge is 0.383 e. The number of ether oxygens (including phenoxy) is 1. The van der Waals surface area contributed by atoms with Crippen molar-refractivity contribution in [2.45, 2.75) is 44.1 Å². The lowest BCUT2D eigenvalue weighted by atomic mass is 9.87. The SMILES string of the molecule is COCC(N)C(=O)Nc1cc(C2CCCCC2)[nH]n1. The van der Waals surface area contributed by atoms with Crippen LogP contribution in [0, 0.1) is 0 Å². The van der Waals surface area contributed by atoms with Crippen LogP contribution in [0.25, 0.3) is 0 Å².